The Bertz CT molecular complexity index is 1310. The van der Waals surface area contributed by atoms with Gasteiger partial charge in [0.1, 0.15) is 0 Å². The van der Waals surface area contributed by atoms with Crippen molar-refractivity contribution in [2.75, 3.05) is 5.43 Å². The molecule has 5 nitrogen and oxygen atoms in total. The molecular weight excluding hydrogens is 394 g/mol. The van der Waals surface area contributed by atoms with Gasteiger partial charge in [-0.1, -0.05) is 61.0 Å². The van der Waals surface area contributed by atoms with Gasteiger partial charge in [-0.05, 0) is 43.7 Å². The number of hydrazone groups is 1. The van der Waals surface area contributed by atoms with Crippen LogP contribution in [0.15, 0.2) is 95.1 Å². The predicted molar refractivity (Wildman–Crippen MR) is 123 cm³/mol. The van der Waals surface area contributed by atoms with Crippen molar-refractivity contribution in [2.45, 2.75) is 25.2 Å². The maximum Gasteiger partial charge on any atom is 0.268 e. The zero-order valence-corrected chi connectivity index (χ0v) is 17.7. The van der Waals surface area contributed by atoms with E-state index in [2.05, 4.69) is 10.5 Å². The van der Waals surface area contributed by atoms with Crippen molar-refractivity contribution in [1.82, 2.24) is 3.97 Å². The van der Waals surface area contributed by atoms with Gasteiger partial charge in [-0.25, -0.2) is 12.4 Å². The highest BCUT2D eigenvalue weighted by Gasteiger charge is 2.22. The molecule has 4 rings (SSSR count). The molecule has 0 aliphatic carbocycles. The normalized spacial score (nSPS) is 12.3. The van der Waals surface area contributed by atoms with Crippen LogP contribution in [0, 0.1) is 6.92 Å². The van der Waals surface area contributed by atoms with Crippen molar-refractivity contribution in [3.05, 3.63) is 96.2 Å². The Morgan fingerprint density at radius 1 is 0.933 bits per heavy atom. The molecule has 6 heteroatoms. The van der Waals surface area contributed by atoms with Crippen molar-refractivity contribution in [3.63, 3.8) is 0 Å². The van der Waals surface area contributed by atoms with Crippen molar-refractivity contribution in [3.8, 4) is 0 Å². The topological polar surface area (TPSA) is 63.5 Å². The molecular formula is C24H23N3O2S. The van der Waals surface area contributed by atoms with Gasteiger partial charge in [0.15, 0.2) is 0 Å². The lowest BCUT2D eigenvalue weighted by Gasteiger charge is -2.07. The standard InChI is InChI=1S/C24H23N3O2S/c1-3-23(26-25-19-9-5-4-6-10-19)22-17-27(24-12-8-7-11-21(22)24)30(28,29)20-15-13-18(2)14-16-20/h4-17,25H,3H2,1-2H3/b26-23+. The number of rotatable bonds is 6. The molecule has 1 heterocycles. The van der Waals surface area contributed by atoms with E-state index < -0.39 is 10.0 Å². The van der Waals surface area contributed by atoms with Crippen LogP contribution in [0.1, 0.15) is 24.5 Å². The third-order valence-corrected chi connectivity index (χ3v) is 6.68. The lowest BCUT2D eigenvalue weighted by molar-refractivity contribution is 0.589. The van der Waals surface area contributed by atoms with Crippen LogP contribution in [0.2, 0.25) is 0 Å². The van der Waals surface area contributed by atoms with Gasteiger partial charge in [-0.3, -0.25) is 5.43 Å². The number of para-hydroxylation sites is 2. The minimum atomic E-state index is -3.73. The van der Waals surface area contributed by atoms with Gasteiger partial charge in [0.05, 0.1) is 21.8 Å². The molecule has 4 aromatic rings. The molecule has 0 saturated carbocycles. The molecule has 0 atom stereocenters. The first kappa shape index (κ1) is 19.9. The highest BCUT2D eigenvalue weighted by atomic mass is 32.2. The van der Waals surface area contributed by atoms with Gasteiger partial charge < -0.3 is 0 Å². The smallest absolute Gasteiger partial charge is 0.268 e. The average Bonchev–Trinajstić information content (AvgIpc) is 3.16. The van der Waals surface area contributed by atoms with Gasteiger partial charge in [0, 0.05) is 17.1 Å². The quantitative estimate of drug-likeness (QED) is 0.337. The first-order valence-electron chi connectivity index (χ1n) is 9.81. The molecule has 0 aliphatic heterocycles. The summed E-state index contributed by atoms with van der Waals surface area (Å²) in [6, 6.07) is 24.1. The van der Waals surface area contributed by atoms with E-state index >= 15 is 0 Å². The van der Waals surface area contributed by atoms with Crippen LogP contribution >= 0.6 is 0 Å². The predicted octanol–water partition coefficient (Wildman–Crippen LogP) is 5.41. The monoisotopic (exact) mass is 417 g/mol. The molecule has 0 radical (unpaired) electrons. The molecule has 0 spiro atoms. The molecule has 0 fully saturated rings. The molecule has 0 bridgehead atoms. The number of anilines is 1. The molecule has 0 saturated heterocycles. The van der Waals surface area contributed by atoms with Crippen molar-refractivity contribution >= 4 is 32.3 Å². The summed E-state index contributed by atoms with van der Waals surface area (Å²) in [5.74, 6) is 0. The van der Waals surface area contributed by atoms with E-state index in [9.17, 15) is 8.42 Å². The Morgan fingerprint density at radius 2 is 1.60 bits per heavy atom. The summed E-state index contributed by atoms with van der Waals surface area (Å²) in [5.41, 5.74) is 7.18. The average molecular weight is 418 g/mol. The minimum absolute atomic E-state index is 0.262. The Kier molecular flexibility index (Phi) is 5.42. The molecule has 0 unspecified atom stereocenters. The van der Waals surface area contributed by atoms with Crippen molar-refractivity contribution in [1.29, 1.82) is 0 Å². The third-order valence-electron chi connectivity index (χ3n) is 5.00. The van der Waals surface area contributed by atoms with Crippen LogP contribution in [-0.2, 0) is 10.0 Å². The maximum atomic E-state index is 13.4. The summed E-state index contributed by atoms with van der Waals surface area (Å²) >= 11 is 0. The van der Waals surface area contributed by atoms with Gasteiger partial charge in [-0.2, -0.15) is 5.10 Å². The van der Waals surface area contributed by atoms with E-state index in [1.807, 2.05) is 80.6 Å². The van der Waals surface area contributed by atoms with Crippen LogP contribution in [0.3, 0.4) is 0 Å². The van der Waals surface area contributed by atoms with E-state index in [0.29, 0.717) is 11.9 Å². The largest absolute Gasteiger partial charge is 0.278 e. The van der Waals surface area contributed by atoms with Gasteiger partial charge in [0.25, 0.3) is 10.0 Å². The minimum Gasteiger partial charge on any atom is -0.278 e. The van der Waals surface area contributed by atoms with E-state index in [1.165, 1.54) is 3.97 Å². The van der Waals surface area contributed by atoms with E-state index in [1.54, 1.807) is 18.3 Å². The maximum absolute atomic E-state index is 13.4. The van der Waals surface area contributed by atoms with Crippen molar-refractivity contribution < 1.29 is 8.42 Å². The molecule has 1 aromatic heterocycles. The zero-order valence-electron chi connectivity index (χ0n) is 16.9. The summed E-state index contributed by atoms with van der Waals surface area (Å²) < 4.78 is 28.1. The number of nitrogens with zero attached hydrogens (tertiary/aromatic N) is 2. The van der Waals surface area contributed by atoms with Crippen LogP contribution in [0.5, 0.6) is 0 Å². The van der Waals surface area contributed by atoms with Crippen molar-refractivity contribution in [2.24, 2.45) is 5.10 Å². The van der Waals surface area contributed by atoms with Crippen LogP contribution in [0.4, 0.5) is 5.69 Å². The van der Waals surface area contributed by atoms with Gasteiger partial charge in [0.2, 0.25) is 0 Å². The van der Waals surface area contributed by atoms with Crippen LogP contribution < -0.4 is 5.43 Å². The molecule has 1 N–H and O–H groups in total. The summed E-state index contributed by atoms with van der Waals surface area (Å²) in [4.78, 5) is 0.262. The first-order chi connectivity index (χ1) is 14.5. The fourth-order valence-corrected chi connectivity index (χ4v) is 4.75. The number of aryl methyl sites for hydroxylation is 1. The second-order valence-corrected chi connectivity index (χ2v) is 8.88. The Balaban J connectivity index is 1.83. The summed E-state index contributed by atoms with van der Waals surface area (Å²) in [6.07, 6.45) is 2.33. The number of aromatic nitrogens is 1. The molecule has 30 heavy (non-hydrogen) atoms. The van der Waals surface area contributed by atoms with E-state index in [0.717, 1.165) is 27.9 Å². The van der Waals surface area contributed by atoms with E-state index in [-0.39, 0.29) is 4.90 Å². The Labute approximate surface area is 176 Å². The number of nitrogens with one attached hydrogen (secondary N) is 1. The molecule has 0 aliphatic rings. The molecule has 0 amide bonds. The fourth-order valence-electron chi connectivity index (χ4n) is 3.38. The lowest BCUT2D eigenvalue weighted by Crippen LogP contribution is -2.12. The zero-order chi connectivity index (χ0) is 21.1. The molecule has 152 valence electrons. The van der Waals surface area contributed by atoms with Crippen LogP contribution in [-0.4, -0.2) is 18.1 Å². The summed E-state index contributed by atoms with van der Waals surface area (Å²) in [6.45, 7) is 3.94. The highest BCUT2D eigenvalue weighted by Crippen LogP contribution is 2.27. The van der Waals surface area contributed by atoms with Gasteiger partial charge >= 0.3 is 0 Å². The Hall–Kier alpha value is -3.38. The van der Waals surface area contributed by atoms with E-state index in [4.69, 9.17) is 0 Å². The fraction of sp³-hybridized carbons (Fsp3) is 0.125. The summed E-state index contributed by atoms with van der Waals surface area (Å²) in [7, 11) is -3.73. The lowest BCUT2D eigenvalue weighted by atomic mass is 10.1. The number of hydrogen-bond donors (Lipinski definition) is 1. The van der Waals surface area contributed by atoms with Crippen LogP contribution in [0.25, 0.3) is 10.9 Å². The number of benzene rings is 3. The number of hydrogen-bond acceptors (Lipinski definition) is 4. The first-order valence-corrected chi connectivity index (χ1v) is 11.2. The summed E-state index contributed by atoms with van der Waals surface area (Å²) in [5, 5.41) is 5.42. The highest BCUT2D eigenvalue weighted by molar-refractivity contribution is 7.90. The second kappa shape index (κ2) is 8.16. The van der Waals surface area contributed by atoms with Gasteiger partial charge in [-0.15, -0.1) is 0 Å². The third kappa shape index (κ3) is 3.74. The second-order valence-electron chi connectivity index (χ2n) is 7.06. The molecule has 3 aromatic carbocycles. The SMILES string of the molecule is CC/C(=N\Nc1ccccc1)c1cn(S(=O)(=O)c2ccc(C)cc2)c2ccccc12. The number of fused-ring (bicyclic) bond motifs is 1. The Morgan fingerprint density at radius 3 is 2.30 bits per heavy atom.